The van der Waals surface area contributed by atoms with Gasteiger partial charge in [0, 0.05) is 48.5 Å². The summed E-state index contributed by atoms with van der Waals surface area (Å²) in [7, 11) is 2.20. The molecule has 1 fully saturated rings. The average molecular weight is 310 g/mol. The fourth-order valence-corrected chi connectivity index (χ4v) is 2.77. The zero-order valence-corrected chi connectivity index (χ0v) is 14.7. The Kier molecular flexibility index (Phi) is 5.18. The van der Waals surface area contributed by atoms with E-state index in [2.05, 4.69) is 62.0 Å². The maximum absolute atomic E-state index is 6.23. The second-order valence-electron chi connectivity index (χ2n) is 7.15. The van der Waals surface area contributed by atoms with Crippen molar-refractivity contribution >= 4 is 17.3 Å². The molecule has 118 valence electrons. The second-order valence-corrected chi connectivity index (χ2v) is 7.59. The van der Waals surface area contributed by atoms with Crippen LogP contribution in [0.5, 0.6) is 0 Å². The van der Waals surface area contributed by atoms with Gasteiger partial charge in [-0.05, 0) is 52.4 Å². The first-order valence-electron chi connectivity index (χ1n) is 7.75. The van der Waals surface area contributed by atoms with E-state index in [1.54, 1.807) is 0 Å². The molecular formula is C17H28ClN3. The highest BCUT2D eigenvalue weighted by atomic mass is 35.5. The smallest absolute Gasteiger partial charge is 0.0427 e. The number of piperazine rings is 1. The van der Waals surface area contributed by atoms with Gasteiger partial charge in [-0.2, -0.15) is 0 Å². The molecule has 2 rings (SSSR count). The molecule has 3 nitrogen and oxygen atoms in total. The number of anilines is 1. The van der Waals surface area contributed by atoms with E-state index in [-0.39, 0.29) is 5.54 Å². The molecule has 0 aliphatic carbocycles. The Morgan fingerprint density at radius 1 is 1.29 bits per heavy atom. The maximum Gasteiger partial charge on any atom is 0.0427 e. The van der Waals surface area contributed by atoms with E-state index >= 15 is 0 Å². The highest BCUT2D eigenvalue weighted by Crippen LogP contribution is 2.27. The minimum absolute atomic E-state index is 0.117. The Morgan fingerprint density at radius 3 is 2.62 bits per heavy atom. The Bertz CT molecular complexity index is 481. The minimum Gasteiger partial charge on any atom is -0.368 e. The predicted octanol–water partition coefficient (Wildman–Crippen LogP) is 3.37. The molecule has 1 aliphatic heterocycles. The van der Waals surface area contributed by atoms with Gasteiger partial charge in [-0.3, -0.25) is 0 Å². The summed E-state index contributed by atoms with van der Waals surface area (Å²) in [5.74, 6) is 0. The van der Waals surface area contributed by atoms with Crippen molar-refractivity contribution in [3.8, 4) is 0 Å². The van der Waals surface area contributed by atoms with Crippen LogP contribution in [0.3, 0.4) is 0 Å². The van der Waals surface area contributed by atoms with Crippen molar-refractivity contribution in [3.63, 3.8) is 0 Å². The Labute approximate surface area is 134 Å². The fraction of sp³-hybridized carbons (Fsp3) is 0.647. The minimum atomic E-state index is 0.117. The largest absolute Gasteiger partial charge is 0.368 e. The van der Waals surface area contributed by atoms with Gasteiger partial charge in [0.25, 0.3) is 0 Å². The van der Waals surface area contributed by atoms with Gasteiger partial charge >= 0.3 is 0 Å². The molecule has 1 heterocycles. The molecule has 1 unspecified atom stereocenters. The second kappa shape index (κ2) is 6.55. The molecule has 1 atom stereocenters. The van der Waals surface area contributed by atoms with Crippen molar-refractivity contribution in [1.29, 1.82) is 0 Å². The van der Waals surface area contributed by atoms with E-state index in [1.165, 1.54) is 11.3 Å². The molecule has 0 bridgehead atoms. The van der Waals surface area contributed by atoms with Crippen molar-refractivity contribution < 1.29 is 0 Å². The van der Waals surface area contributed by atoms with Crippen molar-refractivity contribution in [1.82, 2.24) is 10.2 Å². The number of nitrogens with one attached hydrogen (secondary N) is 1. The van der Waals surface area contributed by atoms with Gasteiger partial charge in [-0.15, -0.1) is 0 Å². The van der Waals surface area contributed by atoms with Crippen LogP contribution >= 0.6 is 11.6 Å². The van der Waals surface area contributed by atoms with Crippen LogP contribution in [-0.4, -0.2) is 43.2 Å². The first kappa shape index (κ1) is 16.6. The summed E-state index contributed by atoms with van der Waals surface area (Å²) in [6, 6.07) is 6.82. The summed E-state index contributed by atoms with van der Waals surface area (Å²) >= 11 is 6.23. The Balaban J connectivity index is 2.19. The summed E-state index contributed by atoms with van der Waals surface area (Å²) in [5.41, 5.74) is 2.72. The molecule has 1 N–H and O–H groups in total. The molecule has 21 heavy (non-hydrogen) atoms. The van der Waals surface area contributed by atoms with Crippen molar-refractivity contribution in [2.24, 2.45) is 0 Å². The molecule has 0 aromatic heterocycles. The number of likely N-dealkylation sites (N-methyl/N-ethyl adjacent to an activating group) is 1. The summed E-state index contributed by atoms with van der Waals surface area (Å²) in [6.07, 6.45) is 0. The highest BCUT2D eigenvalue weighted by molar-refractivity contribution is 6.30. The van der Waals surface area contributed by atoms with Crippen LogP contribution in [0.4, 0.5) is 5.69 Å². The van der Waals surface area contributed by atoms with E-state index in [0.717, 1.165) is 31.2 Å². The standard InChI is InChI=1S/C17H28ClN3/c1-13-12-21(9-8-20(13)5)16-10-15(18)7-6-14(16)11-19-17(2,3)4/h6-7,10,13,19H,8-9,11-12H2,1-5H3. The lowest BCUT2D eigenvalue weighted by Gasteiger charge is -2.40. The van der Waals surface area contributed by atoms with Crippen LogP contribution in [0.15, 0.2) is 18.2 Å². The molecule has 1 aromatic rings. The third-order valence-corrected chi connectivity index (χ3v) is 4.39. The normalized spacial score (nSPS) is 20.9. The molecule has 0 spiro atoms. The Hall–Kier alpha value is -0.770. The molecule has 0 saturated carbocycles. The number of hydrogen-bond donors (Lipinski definition) is 1. The van der Waals surface area contributed by atoms with E-state index in [4.69, 9.17) is 11.6 Å². The third kappa shape index (κ3) is 4.60. The molecule has 1 saturated heterocycles. The zero-order chi connectivity index (χ0) is 15.6. The van der Waals surface area contributed by atoms with Crippen molar-refractivity contribution in [3.05, 3.63) is 28.8 Å². The van der Waals surface area contributed by atoms with E-state index in [9.17, 15) is 0 Å². The van der Waals surface area contributed by atoms with Gasteiger partial charge < -0.3 is 15.1 Å². The van der Waals surface area contributed by atoms with E-state index in [0.29, 0.717) is 6.04 Å². The number of hydrogen-bond acceptors (Lipinski definition) is 3. The monoisotopic (exact) mass is 309 g/mol. The number of nitrogens with zero attached hydrogens (tertiary/aromatic N) is 2. The van der Waals surface area contributed by atoms with Crippen LogP contribution in [-0.2, 0) is 6.54 Å². The lowest BCUT2D eigenvalue weighted by molar-refractivity contribution is 0.234. The van der Waals surface area contributed by atoms with Gasteiger partial charge in [-0.1, -0.05) is 17.7 Å². The number of benzene rings is 1. The summed E-state index contributed by atoms with van der Waals surface area (Å²) in [6.45, 7) is 12.9. The van der Waals surface area contributed by atoms with Gasteiger partial charge in [-0.25, -0.2) is 0 Å². The van der Waals surface area contributed by atoms with Crippen LogP contribution in [0.25, 0.3) is 0 Å². The fourth-order valence-electron chi connectivity index (χ4n) is 2.61. The average Bonchev–Trinajstić information content (AvgIpc) is 2.39. The van der Waals surface area contributed by atoms with Crippen molar-refractivity contribution in [2.75, 3.05) is 31.6 Å². The maximum atomic E-state index is 6.23. The van der Waals surface area contributed by atoms with Crippen molar-refractivity contribution in [2.45, 2.75) is 45.8 Å². The van der Waals surface area contributed by atoms with Gasteiger partial charge in [0.05, 0.1) is 0 Å². The quantitative estimate of drug-likeness (QED) is 0.923. The molecule has 4 heteroatoms. The van der Waals surface area contributed by atoms with Gasteiger partial charge in [0.2, 0.25) is 0 Å². The van der Waals surface area contributed by atoms with E-state index in [1.807, 2.05) is 6.07 Å². The summed E-state index contributed by atoms with van der Waals surface area (Å²) in [5, 5.41) is 4.39. The van der Waals surface area contributed by atoms with Crippen LogP contribution in [0.2, 0.25) is 5.02 Å². The molecule has 1 aliphatic rings. The SMILES string of the molecule is CC1CN(c2cc(Cl)ccc2CNC(C)(C)C)CCN1C. The molecular weight excluding hydrogens is 282 g/mol. The van der Waals surface area contributed by atoms with Crippen LogP contribution < -0.4 is 10.2 Å². The molecule has 1 aromatic carbocycles. The number of halogens is 1. The first-order valence-corrected chi connectivity index (χ1v) is 8.13. The van der Waals surface area contributed by atoms with Gasteiger partial charge in [0.1, 0.15) is 0 Å². The molecule has 0 radical (unpaired) electrons. The highest BCUT2D eigenvalue weighted by Gasteiger charge is 2.23. The Morgan fingerprint density at radius 2 is 2.00 bits per heavy atom. The number of rotatable bonds is 3. The zero-order valence-electron chi connectivity index (χ0n) is 13.9. The summed E-state index contributed by atoms with van der Waals surface area (Å²) in [4.78, 5) is 4.88. The van der Waals surface area contributed by atoms with Crippen LogP contribution in [0, 0.1) is 0 Å². The topological polar surface area (TPSA) is 18.5 Å². The first-order chi connectivity index (χ1) is 9.76. The lowest BCUT2D eigenvalue weighted by atomic mass is 10.1. The lowest BCUT2D eigenvalue weighted by Crippen LogP contribution is -2.50. The molecule has 0 amide bonds. The predicted molar refractivity (Wildman–Crippen MR) is 92.3 cm³/mol. The van der Waals surface area contributed by atoms with E-state index < -0.39 is 0 Å². The third-order valence-electron chi connectivity index (χ3n) is 4.16. The van der Waals surface area contributed by atoms with Gasteiger partial charge in [0.15, 0.2) is 0 Å². The summed E-state index contributed by atoms with van der Waals surface area (Å²) < 4.78 is 0. The van der Waals surface area contributed by atoms with Crippen LogP contribution in [0.1, 0.15) is 33.3 Å².